The number of para-hydroxylation sites is 1. The third kappa shape index (κ3) is 3.98. The highest BCUT2D eigenvalue weighted by atomic mass is 16.2. The first-order chi connectivity index (χ1) is 15.0. The Labute approximate surface area is 188 Å². The lowest BCUT2D eigenvalue weighted by Gasteiger charge is -2.25. The summed E-state index contributed by atoms with van der Waals surface area (Å²) in [6.07, 6.45) is 0. The SMILES string of the molecule is Cc1cccc(C)c1-n1nc2c(c1-c1ccc(C(N)=O)cc1)CN(C(=O)NC(C)(C)C)C2. The zero-order chi connectivity index (χ0) is 23.2. The lowest BCUT2D eigenvalue weighted by Crippen LogP contribution is -2.46. The van der Waals surface area contributed by atoms with Crippen molar-refractivity contribution >= 4 is 11.9 Å². The Hall–Kier alpha value is -3.61. The Morgan fingerprint density at radius 3 is 2.19 bits per heavy atom. The number of nitrogens with one attached hydrogen (secondary N) is 1. The van der Waals surface area contributed by atoms with Crippen LogP contribution in [0, 0.1) is 13.8 Å². The summed E-state index contributed by atoms with van der Waals surface area (Å²) >= 11 is 0. The molecule has 7 heteroatoms. The van der Waals surface area contributed by atoms with E-state index < -0.39 is 5.91 Å². The number of aryl methyl sites for hydroxylation is 2. The van der Waals surface area contributed by atoms with Gasteiger partial charge in [0.1, 0.15) is 0 Å². The van der Waals surface area contributed by atoms with Crippen LogP contribution in [-0.4, -0.2) is 32.2 Å². The van der Waals surface area contributed by atoms with Crippen LogP contribution >= 0.6 is 0 Å². The largest absolute Gasteiger partial charge is 0.366 e. The molecular weight excluding hydrogens is 402 g/mol. The zero-order valence-electron chi connectivity index (χ0n) is 19.2. The molecule has 2 aromatic carbocycles. The molecule has 0 unspecified atom stereocenters. The van der Waals surface area contributed by atoms with Gasteiger partial charge in [0.05, 0.1) is 30.2 Å². The molecule has 32 heavy (non-hydrogen) atoms. The highest BCUT2D eigenvalue weighted by Crippen LogP contribution is 2.36. The fourth-order valence-corrected chi connectivity index (χ4v) is 4.15. The predicted octanol–water partition coefficient (Wildman–Crippen LogP) is 4.08. The summed E-state index contributed by atoms with van der Waals surface area (Å²) < 4.78 is 1.98. The zero-order valence-corrected chi connectivity index (χ0v) is 19.2. The van der Waals surface area contributed by atoms with Crippen molar-refractivity contribution in [3.63, 3.8) is 0 Å². The van der Waals surface area contributed by atoms with E-state index in [2.05, 4.69) is 31.3 Å². The van der Waals surface area contributed by atoms with Crippen molar-refractivity contribution in [2.24, 2.45) is 5.73 Å². The molecule has 4 rings (SSSR count). The first-order valence-electron chi connectivity index (χ1n) is 10.7. The molecule has 0 saturated heterocycles. The van der Waals surface area contributed by atoms with Gasteiger partial charge < -0.3 is 16.0 Å². The number of urea groups is 1. The van der Waals surface area contributed by atoms with E-state index in [1.165, 1.54) is 0 Å². The summed E-state index contributed by atoms with van der Waals surface area (Å²) in [7, 11) is 0. The number of amides is 3. The highest BCUT2D eigenvalue weighted by molar-refractivity contribution is 5.93. The van der Waals surface area contributed by atoms with Crippen LogP contribution in [0.3, 0.4) is 0 Å². The van der Waals surface area contributed by atoms with Crippen molar-refractivity contribution in [1.29, 1.82) is 0 Å². The van der Waals surface area contributed by atoms with Gasteiger partial charge in [0.2, 0.25) is 5.91 Å². The van der Waals surface area contributed by atoms with E-state index in [9.17, 15) is 9.59 Å². The number of primary amides is 1. The lowest BCUT2D eigenvalue weighted by molar-refractivity contribution is 0.1000. The van der Waals surface area contributed by atoms with Gasteiger partial charge in [0, 0.05) is 22.2 Å². The van der Waals surface area contributed by atoms with Gasteiger partial charge in [-0.05, 0) is 57.9 Å². The van der Waals surface area contributed by atoms with Gasteiger partial charge in [-0.2, -0.15) is 5.10 Å². The van der Waals surface area contributed by atoms with Gasteiger partial charge in [0.15, 0.2) is 0 Å². The van der Waals surface area contributed by atoms with Crippen LogP contribution in [0.15, 0.2) is 42.5 Å². The smallest absolute Gasteiger partial charge is 0.318 e. The Balaban J connectivity index is 1.82. The molecule has 0 fully saturated rings. The van der Waals surface area contributed by atoms with Crippen LogP contribution in [0.25, 0.3) is 16.9 Å². The Morgan fingerprint density at radius 2 is 1.62 bits per heavy atom. The van der Waals surface area contributed by atoms with Crippen LogP contribution in [-0.2, 0) is 13.1 Å². The van der Waals surface area contributed by atoms with Gasteiger partial charge in [-0.1, -0.05) is 30.3 Å². The van der Waals surface area contributed by atoms with E-state index in [0.717, 1.165) is 39.3 Å². The van der Waals surface area contributed by atoms with Crippen molar-refractivity contribution in [2.75, 3.05) is 0 Å². The summed E-state index contributed by atoms with van der Waals surface area (Å²) in [5, 5.41) is 7.98. The maximum atomic E-state index is 12.8. The Bertz CT molecular complexity index is 1180. The molecule has 0 saturated carbocycles. The second-order valence-corrected chi connectivity index (χ2v) is 9.40. The topological polar surface area (TPSA) is 93.2 Å². The molecule has 1 aliphatic rings. The number of nitrogens with two attached hydrogens (primary N) is 1. The molecular formula is C25H29N5O2. The standard InChI is InChI=1S/C25H29N5O2/c1-15-7-6-8-16(2)21(15)30-22(17-9-11-18(12-10-17)23(26)31)19-13-29(14-20(19)28-30)24(32)27-25(3,4)5/h6-12H,13-14H2,1-5H3,(H2,26,31)(H,27,32). The molecule has 3 amide bonds. The molecule has 1 aromatic heterocycles. The first-order valence-corrected chi connectivity index (χ1v) is 10.7. The summed E-state index contributed by atoms with van der Waals surface area (Å²) in [6.45, 7) is 10.9. The average molecular weight is 432 g/mol. The number of nitrogens with zero attached hydrogens (tertiary/aromatic N) is 3. The molecule has 0 aliphatic carbocycles. The van der Waals surface area contributed by atoms with Crippen molar-refractivity contribution in [3.8, 4) is 16.9 Å². The van der Waals surface area contributed by atoms with Crippen LogP contribution in [0.1, 0.15) is 53.5 Å². The molecule has 0 spiro atoms. The molecule has 3 aromatic rings. The molecule has 2 heterocycles. The van der Waals surface area contributed by atoms with E-state index in [1.54, 1.807) is 17.0 Å². The van der Waals surface area contributed by atoms with Crippen molar-refractivity contribution in [3.05, 3.63) is 70.4 Å². The van der Waals surface area contributed by atoms with Gasteiger partial charge in [-0.25, -0.2) is 9.48 Å². The number of aromatic nitrogens is 2. The van der Waals surface area contributed by atoms with Gasteiger partial charge >= 0.3 is 6.03 Å². The normalized spacial score (nSPS) is 13.2. The number of fused-ring (bicyclic) bond motifs is 1. The van der Waals surface area contributed by atoms with Crippen LogP contribution in [0.2, 0.25) is 0 Å². The molecule has 7 nitrogen and oxygen atoms in total. The fourth-order valence-electron chi connectivity index (χ4n) is 4.15. The van der Waals surface area contributed by atoms with E-state index in [0.29, 0.717) is 18.7 Å². The third-order valence-electron chi connectivity index (χ3n) is 5.62. The number of carbonyl (C=O) groups is 2. The van der Waals surface area contributed by atoms with E-state index in [1.807, 2.05) is 43.7 Å². The highest BCUT2D eigenvalue weighted by Gasteiger charge is 2.33. The minimum absolute atomic E-state index is 0.107. The summed E-state index contributed by atoms with van der Waals surface area (Å²) in [5.41, 5.74) is 12.6. The number of hydrogen-bond acceptors (Lipinski definition) is 3. The minimum Gasteiger partial charge on any atom is -0.366 e. The van der Waals surface area contributed by atoms with Gasteiger partial charge in [-0.3, -0.25) is 4.79 Å². The molecule has 0 atom stereocenters. The van der Waals surface area contributed by atoms with E-state index in [4.69, 9.17) is 10.8 Å². The fraction of sp³-hybridized carbons (Fsp3) is 0.320. The predicted molar refractivity (Wildman–Crippen MR) is 125 cm³/mol. The van der Waals surface area contributed by atoms with Gasteiger partial charge in [0.25, 0.3) is 0 Å². The molecule has 0 bridgehead atoms. The van der Waals surface area contributed by atoms with E-state index >= 15 is 0 Å². The van der Waals surface area contributed by atoms with Crippen molar-refractivity contribution in [2.45, 2.75) is 53.2 Å². The Morgan fingerprint density at radius 1 is 1.00 bits per heavy atom. The number of hydrogen-bond donors (Lipinski definition) is 2. The quantitative estimate of drug-likeness (QED) is 0.654. The molecule has 166 valence electrons. The second-order valence-electron chi connectivity index (χ2n) is 9.40. The maximum Gasteiger partial charge on any atom is 0.318 e. The number of rotatable bonds is 3. The summed E-state index contributed by atoms with van der Waals surface area (Å²) in [5.74, 6) is -0.463. The number of carbonyl (C=O) groups excluding carboxylic acids is 2. The third-order valence-corrected chi connectivity index (χ3v) is 5.62. The maximum absolute atomic E-state index is 12.8. The lowest BCUT2D eigenvalue weighted by atomic mass is 10.0. The molecule has 1 aliphatic heterocycles. The Kier molecular flexibility index (Phi) is 5.28. The van der Waals surface area contributed by atoms with E-state index in [-0.39, 0.29) is 11.6 Å². The first kappa shape index (κ1) is 21.6. The molecule has 3 N–H and O–H groups in total. The monoisotopic (exact) mass is 431 g/mol. The number of benzene rings is 2. The minimum atomic E-state index is -0.463. The average Bonchev–Trinajstić information content (AvgIpc) is 3.25. The van der Waals surface area contributed by atoms with Crippen LogP contribution in [0.4, 0.5) is 4.79 Å². The van der Waals surface area contributed by atoms with Crippen molar-refractivity contribution in [1.82, 2.24) is 20.0 Å². The molecule has 0 radical (unpaired) electrons. The van der Waals surface area contributed by atoms with Crippen LogP contribution < -0.4 is 11.1 Å². The van der Waals surface area contributed by atoms with Crippen LogP contribution in [0.5, 0.6) is 0 Å². The second kappa shape index (κ2) is 7.82. The summed E-state index contributed by atoms with van der Waals surface area (Å²) in [4.78, 5) is 26.1. The van der Waals surface area contributed by atoms with Gasteiger partial charge in [-0.15, -0.1) is 0 Å². The summed E-state index contributed by atoms with van der Waals surface area (Å²) in [6, 6.07) is 13.3. The van der Waals surface area contributed by atoms with Crippen molar-refractivity contribution < 1.29 is 9.59 Å².